The van der Waals surface area contributed by atoms with E-state index < -0.39 is 47.4 Å². The van der Waals surface area contributed by atoms with E-state index in [0.717, 1.165) is 34.1 Å². The highest BCUT2D eigenvalue weighted by Crippen LogP contribution is 2.33. The van der Waals surface area contributed by atoms with Gasteiger partial charge in [0.15, 0.2) is 0 Å². The number of anilines is 1. The Kier molecular flexibility index (Phi) is 4.33. The number of hydrogen-bond acceptors (Lipinski definition) is 3. The van der Waals surface area contributed by atoms with Gasteiger partial charge < -0.3 is 10.2 Å². The number of hydrogen-bond donors (Lipinski definition) is 1. The average Bonchev–Trinajstić information content (AvgIpc) is 3.17. The number of urea groups is 1. The van der Waals surface area contributed by atoms with Crippen molar-refractivity contribution in [2.75, 3.05) is 18.0 Å². The van der Waals surface area contributed by atoms with Crippen molar-refractivity contribution in [3.63, 3.8) is 0 Å². The quantitative estimate of drug-likeness (QED) is 0.801. The molecule has 1 fully saturated rings. The Morgan fingerprint density at radius 1 is 1.10 bits per heavy atom. The molecule has 2 aromatic carbocycles. The summed E-state index contributed by atoms with van der Waals surface area (Å²) < 4.78 is 40.7. The van der Waals surface area contributed by atoms with E-state index in [1.165, 1.54) is 19.1 Å². The molecule has 0 radical (unpaired) electrons. The fourth-order valence-electron chi connectivity index (χ4n) is 3.72. The van der Waals surface area contributed by atoms with Crippen LogP contribution < -0.4 is 10.2 Å². The Balaban J connectivity index is 1.57. The molecule has 2 aromatic rings. The Bertz CT molecular complexity index is 1040. The number of halogens is 3. The predicted molar refractivity (Wildman–Crippen MR) is 96.4 cm³/mol. The molecule has 2 aliphatic heterocycles. The third kappa shape index (κ3) is 3.02. The van der Waals surface area contributed by atoms with Crippen molar-refractivity contribution >= 4 is 23.5 Å². The number of nitrogens with one attached hydrogen (secondary N) is 1. The topological polar surface area (TPSA) is 69.7 Å². The van der Waals surface area contributed by atoms with Gasteiger partial charge in [0.1, 0.15) is 29.5 Å². The molecule has 0 aliphatic carbocycles. The maximum atomic E-state index is 13.9. The molecule has 1 atom stereocenters. The molecular weight excluding hydrogens is 387 g/mol. The summed E-state index contributed by atoms with van der Waals surface area (Å²) in [5, 5.41) is 2.52. The van der Waals surface area contributed by atoms with E-state index in [1.807, 2.05) is 0 Å². The molecule has 0 saturated carbocycles. The van der Waals surface area contributed by atoms with E-state index >= 15 is 0 Å². The van der Waals surface area contributed by atoms with Crippen LogP contribution in [0.3, 0.4) is 0 Å². The van der Waals surface area contributed by atoms with Crippen LogP contribution in [0.25, 0.3) is 0 Å². The molecule has 29 heavy (non-hydrogen) atoms. The molecule has 4 rings (SSSR count). The standard InChI is InChI=1S/C20H16F3N3O3/c1-20(11-2-4-12(21)5-3-11)18(28)26(19(29)24-20)10-17(27)25-7-6-14-15(23)8-13(22)9-16(14)25/h2-5,8-9H,6-7,10H2,1H3,(H,24,29). The van der Waals surface area contributed by atoms with Crippen molar-refractivity contribution in [1.82, 2.24) is 10.2 Å². The van der Waals surface area contributed by atoms with Crippen LogP contribution in [0.4, 0.5) is 23.7 Å². The van der Waals surface area contributed by atoms with Crippen LogP contribution in [0.2, 0.25) is 0 Å². The van der Waals surface area contributed by atoms with E-state index in [2.05, 4.69) is 5.32 Å². The molecule has 1 unspecified atom stereocenters. The van der Waals surface area contributed by atoms with Crippen LogP contribution in [-0.4, -0.2) is 35.8 Å². The molecule has 2 heterocycles. The van der Waals surface area contributed by atoms with Gasteiger partial charge in [0.25, 0.3) is 5.91 Å². The molecule has 150 valence electrons. The maximum Gasteiger partial charge on any atom is 0.325 e. The van der Waals surface area contributed by atoms with E-state index in [1.54, 1.807) is 0 Å². The minimum absolute atomic E-state index is 0.0980. The Labute approximate surface area is 163 Å². The molecule has 0 spiro atoms. The zero-order valence-electron chi connectivity index (χ0n) is 15.3. The summed E-state index contributed by atoms with van der Waals surface area (Å²) in [4.78, 5) is 39.9. The van der Waals surface area contributed by atoms with Crippen LogP contribution in [-0.2, 0) is 21.5 Å². The maximum absolute atomic E-state index is 13.9. The first kappa shape index (κ1) is 19.0. The Morgan fingerprint density at radius 3 is 2.48 bits per heavy atom. The lowest BCUT2D eigenvalue weighted by atomic mass is 9.92. The molecule has 1 saturated heterocycles. The van der Waals surface area contributed by atoms with Gasteiger partial charge in [-0.05, 0) is 37.1 Å². The smallest absolute Gasteiger partial charge is 0.319 e. The van der Waals surface area contributed by atoms with Crippen molar-refractivity contribution in [2.45, 2.75) is 18.9 Å². The summed E-state index contributed by atoms with van der Waals surface area (Å²) in [6.07, 6.45) is 0.209. The zero-order chi connectivity index (χ0) is 20.9. The molecular formula is C20H16F3N3O3. The summed E-state index contributed by atoms with van der Waals surface area (Å²) in [6, 6.07) is 6.11. The van der Waals surface area contributed by atoms with Gasteiger partial charge >= 0.3 is 6.03 Å². The molecule has 6 nitrogen and oxygen atoms in total. The average molecular weight is 403 g/mol. The van der Waals surface area contributed by atoms with Crippen molar-refractivity contribution < 1.29 is 27.6 Å². The second kappa shape index (κ2) is 6.61. The highest BCUT2D eigenvalue weighted by Gasteiger charge is 2.50. The van der Waals surface area contributed by atoms with Crippen molar-refractivity contribution in [3.05, 3.63) is 65.0 Å². The first-order valence-electron chi connectivity index (χ1n) is 8.89. The lowest BCUT2D eigenvalue weighted by Gasteiger charge is -2.23. The number of nitrogens with zero attached hydrogens (tertiary/aromatic N) is 2. The first-order valence-corrected chi connectivity index (χ1v) is 8.89. The van der Waals surface area contributed by atoms with Gasteiger partial charge in [0, 0.05) is 18.2 Å². The summed E-state index contributed by atoms with van der Waals surface area (Å²) >= 11 is 0. The normalized spacial score (nSPS) is 20.8. The van der Waals surface area contributed by atoms with Crippen molar-refractivity contribution in [1.29, 1.82) is 0 Å². The summed E-state index contributed by atoms with van der Waals surface area (Å²) in [5.41, 5.74) is -0.775. The minimum atomic E-state index is -1.45. The lowest BCUT2D eigenvalue weighted by Crippen LogP contribution is -2.44. The number of benzene rings is 2. The van der Waals surface area contributed by atoms with E-state index in [9.17, 15) is 27.6 Å². The van der Waals surface area contributed by atoms with E-state index in [-0.39, 0.29) is 24.2 Å². The van der Waals surface area contributed by atoms with Crippen molar-refractivity contribution in [3.8, 4) is 0 Å². The van der Waals surface area contributed by atoms with Gasteiger partial charge in [-0.25, -0.2) is 18.0 Å². The number of amides is 4. The highest BCUT2D eigenvalue weighted by atomic mass is 19.1. The van der Waals surface area contributed by atoms with Crippen LogP contribution in [0.5, 0.6) is 0 Å². The SMILES string of the molecule is CC1(c2ccc(F)cc2)NC(=O)N(CC(=O)N2CCc3c(F)cc(F)cc32)C1=O. The largest absolute Gasteiger partial charge is 0.325 e. The molecule has 1 N–H and O–H groups in total. The fraction of sp³-hybridized carbons (Fsp3) is 0.250. The number of imide groups is 1. The predicted octanol–water partition coefficient (Wildman–Crippen LogP) is 2.46. The summed E-state index contributed by atoms with van der Waals surface area (Å²) in [5.74, 6) is -3.37. The van der Waals surface area contributed by atoms with E-state index in [4.69, 9.17) is 0 Å². The van der Waals surface area contributed by atoms with Crippen LogP contribution in [0.1, 0.15) is 18.1 Å². The number of carbonyl (C=O) groups excluding carboxylic acids is 3. The molecule has 2 aliphatic rings. The Hall–Kier alpha value is -3.36. The monoisotopic (exact) mass is 403 g/mol. The van der Waals surface area contributed by atoms with Gasteiger partial charge in [-0.1, -0.05) is 12.1 Å². The highest BCUT2D eigenvalue weighted by molar-refractivity contribution is 6.10. The van der Waals surface area contributed by atoms with Gasteiger partial charge in [-0.3, -0.25) is 14.5 Å². The fourth-order valence-corrected chi connectivity index (χ4v) is 3.72. The third-order valence-electron chi connectivity index (χ3n) is 5.30. The Morgan fingerprint density at radius 2 is 1.79 bits per heavy atom. The lowest BCUT2D eigenvalue weighted by molar-refractivity contribution is -0.134. The third-order valence-corrected chi connectivity index (χ3v) is 5.30. The molecule has 0 bridgehead atoms. The van der Waals surface area contributed by atoms with Gasteiger partial charge in [-0.15, -0.1) is 0 Å². The van der Waals surface area contributed by atoms with E-state index in [0.29, 0.717) is 5.56 Å². The summed E-state index contributed by atoms with van der Waals surface area (Å²) in [7, 11) is 0. The molecule has 0 aromatic heterocycles. The zero-order valence-corrected chi connectivity index (χ0v) is 15.3. The second-order valence-corrected chi connectivity index (χ2v) is 7.13. The van der Waals surface area contributed by atoms with Gasteiger partial charge in [0.2, 0.25) is 5.91 Å². The van der Waals surface area contributed by atoms with Gasteiger partial charge in [-0.2, -0.15) is 0 Å². The number of fused-ring (bicyclic) bond motifs is 1. The summed E-state index contributed by atoms with van der Waals surface area (Å²) in [6.45, 7) is 0.993. The number of rotatable bonds is 3. The van der Waals surface area contributed by atoms with Crippen LogP contribution in [0.15, 0.2) is 36.4 Å². The van der Waals surface area contributed by atoms with Gasteiger partial charge in [0.05, 0.1) is 5.69 Å². The molecule has 9 heteroatoms. The minimum Gasteiger partial charge on any atom is -0.319 e. The number of carbonyl (C=O) groups is 3. The van der Waals surface area contributed by atoms with Crippen molar-refractivity contribution in [2.24, 2.45) is 0 Å². The van der Waals surface area contributed by atoms with Crippen LogP contribution >= 0.6 is 0 Å². The molecule has 4 amide bonds. The van der Waals surface area contributed by atoms with Crippen LogP contribution in [0, 0.1) is 17.5 Å². The second-order valence-electron chi connectivity index (χ2n) is 7.13. The first-order chi connectivity index (χ1) is 13.7.